The first-order valence-corrected chi connectivity index (χ1v) is 4.27. The summed E-state index contributed by atoms with van der Waals surface area (Å²) in [6.07, 6.45) is 1.66. The zero-order valence-electron chi connectivity index (χ0n) is 7.23. The van der Waals surface area contributed by atoms with Crippen molar-refractivity contribution in [1.29, 1.82) is 0 Å². The highest BCUT2D eigenvalue weighted by Gasteiger charge is 2.14. The molecule has 0 fully saturated rings. The van der Waals surface area contributed by atoms with Crippen LogP contribution >= 0.6 is 0 Å². The van der Waals surface area contributed by atoms with Gasteiger partial charge in [0.1, 0.15) is 0 Å². The average molecular weight is 185 g/mol. The highest BCUT2D eigenvalue weighted by molar-refractivity contribution is 5.95. The SMILES string of the molecule is Oc1[nH]c2ccccc2c2cnnc1-2. The van der Waals surface area contributed by atoms with Gasteiger partial charge in [-0.2, -0.15) is 5.10 Å². The van der Waals surface area contributed by atoms with E-state index in [1.165, 1.54) is 0 Å². The third kappa shape index (κ3) is 0.821. The normalized spacial score (nSPS) is 11.1. The number of aromatic nitrogens is 3. The van der Waals surface area contributed by atoms with Gasteiger partial charge in [-0.1, -0.05) is 18.2 Å². The van der Waals surface area contributed by atoms with Crippen LogP contribution in [0.5, 0.6) is 5.88 Å². The molecule has 1 aromatic rings. The van der Waals surface area contributed by atoms with Crippen LogP contribution in [0.3, 0.4) is 0 Å². The van der Waals surface area contributed by atoms with E-state index in [1.54, 1.807) is 6.20 Å². The van der Waals surface area contributed by atoms with Gasteiger partial charge in [0.05, 0.1) is 6.20 Å². The van der Waals surface area contributed by atoms with Crippen LogP contribution in [0, 0.1) is 0 Å². The summed E-state index contributed by atoms with van der Waals surface area (Å²) < 4.78 is 0. The standard InChI is InChI=1S/C10H7N3O/c14-10-9-7(5-11-13-9)6-3-1-2-4-8(6)12-10/h1-5,12,14H. The molecule has 0 unspecified atom stereocenters. The van der Waals surface area contributed by atoms with Crippen LogP contribution in [0.15, 0.2) is 30.5 Å². The van der Waals surface area contributed by atoms with Gasteiger partial charge in [0.15, 0.2) is 5.69 Å². The fourth-order valence-corrected chi connectivity index (χ4v) is 1.65. The molecule has 2 heterocycles. The van der Waals surface area contributed by atoms with Crippen LogP contribution in [0.25, 0.3) is 22.2 Å². The van der Waals surface area contributed by atoms with Gasteiger partial charge in [0, 0.05) is 16.5 Å². The first-order valence-electron chi connectivity index (χ1n) is 4.27. The summed E-state index contributed by atoms with van der Waals surface area (Å²) >= 11 is 0. The van der Waals surface area contributed by atoms with Crippen molar-refractivity contribution in [2.45, 2.75) is 0 Å². The Kier molecular flexibility index (Phi) is 1.28. The molecule has 2 aliphatic heterocycles. The van der Waals surface area contributed by atoms with E-state index >= 15 is 0 Å². The highest BCUT2D eigenvalue weighted by atomic mass is 16.3. The average Bonchev–Trinajstić information content (AvgIpc) is 2.67. The predicted molar refractivity (Wildman–Crippen MR) is 52.2 cm³/mol. The lowest BCUT2D eigenvalue weighted by atomic mass is 10.1. The number of hydrogen-bond acceptors (Lipinski definition) is 3. The number of nitrogens with zero attached hydrogens (tertiary/aromatic N) is 2. The van der Waals surface area contributed by atoms with Gasteiger partial charge in [-0.15, -0.1) is 5.10 Å². The first kappa shape index (κ1) is 7.32. The summed E-state index contributed by atoms with van der Waals surface area (Å²) in [6, 6.07) is 7.73. The Hall–Kier alpha value is -2.10. The summed E-state index contributed by atoms with van der Waals surface area (Å²) in [5.41, 5.74) is 2.27. The number of hydrogen-bond donors (Lipinski definition) is 2. The number of pyridine rings is 1. The van der Waals surface area contributed by atoms with E-state index in [9.17, 15) is 5.11 Å². The molecule has 68 valence electrons. The summed E-state index contributed by atoms with van der Waals surface area (Å²) in [6.45, 7) is 0. The fraction of sp³-hybridized carbons (Fsp3) is 0. The van der Waals surface area contributed by atoms with E-state index < -0.39 is 0 Å². The molecular weight excluding hydrogens is 178 g/mol. The van der Waals surface area contributed by atoms with Gasteiger partial charge in [0.2, 0.25) is 5.88 Å². The summed E-state index contributed by atoms with van der Waals surface area (Å²) in [5.74, 6) is 0.0659. The van der Waals surface area contributed by atoms with Crippen molar-refractivity contribution >= 4 is 10.9 Å². The summed E-state index contributed by atoms with van der Waals surface area (Å²) in [4.78, 5) is 2.87. The molecule has 0 bridgehead atoms. The number of rotatable bonds is 0. The molecule has 0 aliphatic carbocycles. The zero-order valence-corrected chi connectivity index (χ0v) is 7.23. The Morgan fingerprint density at radius 3 is 3.00 bits per heavy atom. The minimum absolute atomic E-state index is 0.0659. The molecule has 4 nitrogen and oxygen atoms in total. The van der Waals surface area contributed by atoms with Crippen molar-refractivity contribution in [3.8, 4) is 17.1 Å². The molecule has 4 heteroatoms. The molecule has 2 aliphatic rings. The molecule has 14 heavy (non-hydrogen) atoms. The van der Waals surface area contributed by atoms with Gasteiger partial charge >= 0.3 is 0 Å². The molecule has 0 aromatic heterocycles. The largest absolute Gasteiger partial charge is 0.493 e. The molecule has 1 aromatic carbocycles. The van der Waals surface area contributed by atoms with Crippen molar-refractivity contribution in [2.24, 2.45) is 0 Å². The zero-order chi connectivity index (χ0) is 9.54. The van der Waals surface area contributed by atoms with Crippen LogP contribution in [-0.2, 0) is 0 Å². The molecular formula is C10H7N3O. The fourth-order valence-electron chi connectivity index (χ4n) is 1.65. The van der Waals surface area contributed by atoms with E-state index in [1.807, 2.05) is 24.3 Å². The second kappa shape index (κ2) is 2.45. The highest BCUT2D eigenvalue weighted by Crippen LogP contribution is 2.33. The molecule has 0 saturated heterocycles. The van der Waals surface area contributed by atoms with Crippen molar-refractivity contribution < 1.29 is 5.11 Å². The van der Waals surface area contributed by atoms with Gasteiger partial charge in [-0.3, -0.25) is 0 Å². The number of nitrogens with one attached hydrogen (secondary N) is 1. The predicted octanol–water partition coefficient (Wildman–Crippen LogP) is 1.77. The summed E-state index contributed by atoms with van der Waals surface area (Å²) in [5, 5.41) is 18.2. The monoisotopic (exact) mass is 185 g/mol. The van der Waals surface area contributed by atoms with Crippen LogP contribution < -0.4 is 0 Å². The van der Waals surface area contributed by atoms with E-state index in [-0.39, 0.29) is 5.88 Å². The molecule has 2 N–H and O–H groups in total. The molecule has 0 atom stereocenters. The summed E-state index contributed by atoms with van der Waals surface area (Å²) in [7, 11) is 0. The number of para-hydroxylation sites is 1. The third-order valence-electron chi connectivity index (χ3n) is 2.29. The van der Waals surface area contributed by atoms with E-state index in [2.05, 4.69) is 15.2 Å². The van der Waals surface area contributed by atoms with Crippen molar-refractivity contribution in [1.82, 2.24) is 15.2 Å². The quantitative estimate of drug-likeness (QED) is 0.561. The lowest BCUT2D eigenvalue weighted by molar-refractivity contribution is 0.456. The third-order valence-corrected chi connectivity index (χ3v) is 2.29. The minimum Gasteiger partial charge on any atom is -0.493 e. The second-order valence-electron chi connectivity index (χ2n) is 3.13. The van der Waals surface area contributed by atoms with Gasteiger partial charge in [0.25, 0.3) is 0 Å². The van der Waals surface area contributed by atoms with E-state index in [0.29, 0.717) is 5.69 Å². The number of aromatic hydroxyl groups is 1. The number of benzene rings is 1. The Labute approximate surface area is 79.6 Å². The van der Waals surface area contributed by atoms with Gasteiger partial charge in [-0.25, -0.2) is 0 Å². The van der Waals surface area contributed by atoms with Crippen molar-refractivity contribution in [2.75, 3.05) is 0 Å². The Bertz CT molecular complexity index is 573. The number of fused-ring (bicyclic) bond motifs is 3. The lowest BCUT2D eigenvalue weighted by Gasteiger charge is -2.04. The molecule has 3 rings (SSSR count). The number of H-pyrrole nitrogens is 1. The van der Waals surface area contributed by atoms with Crippen molar-refractivity contribution in [3.63, 3.8) is 0 Å². The van der Waals surface area contributed by atoms with E-state index in [4.69, 9.17) is 0 Å². The van der Waals surface area contributed by atoms with Crippen LogP contribution in [-0.4, -0.2) is 20.3 Å². The molecule has 0 spiro atoms. The van der Waals surface area contributed by atoms with Crippen LogP contribution in [0.4, 0.5) is 0 Å². The maximum absolute atomic E-state index is 9.60. The van der Waals surface area contributed by atoms with Crippen LogP contribution in [0.1, 0.15) is 0 Å². The maximum atomic E-state index is 9.60. The minimum atomic E-state index is 0.0659. The van der Waals surface area contributed by atoms with Crippen LogP contribution in [0.2, 0.25) is 0 Å². The first-order chi connectivity index (χ1) is 6.86. The van der Waals surface area contributed by atoms with Crippen molar-refractivity contribution in [3.05, 3.63) is 30.5 Å². The van der Waals surface area contributed by atoms with Gasteiger partial charge < -0.3 is 10.1 Å². The molecule has 0 radical (unpaired) electrons. The molecule has 0 amide bonds. The smallest absolute Gasteiger partial charge is 0.218 e. The Morgan fingerprint density at radius 1 is 1.21 bits per heavy atom. The van der Waals surface area contributed by atoms with Gasteiger partial charge in [-0.05, 0) is 6.07 Å². The molecule has 0 saturated carbocycles. The topological polar surface area (TPSA) is 61.8 Å². The Balaban J connectivity index is 2.58. The van der Waals surface area contributed by atoms with E-state index in [0.717, 1.165) is 16.5 Å². The second-order valence-corrected chi connectivity index (χ2v) is 3.13. The lowest BCUT2D eigenvalue weighted by Crippen LogP contribution is -1.86. The Morgan fingerprint density at radius 2 is 2.07 bits per heavy atom. The maximum Gasteiger partial charge on any atom is 0.218 e. The number of aromatic amines is 1.